The first-order valence-electron chi connectivity index (χ1n) is 9.29. The summed E-state index contributed by atoms with van der Waals surface area (Å²) in [6.07, 6.45) is 0. The van der Waals surface area contributed by atoms with E-state index < -0.39 is 39.5 Å². The summed E-state index contributed by atoms with van der Waals surface area (Å²) >= 11 is 0. The Kier molecular flexibility index (Phi) is 6.54. The third-order valence-electron chi connectivity index (χ3n) is 4.65. The maximum absolute atomic E-state index is 13.8. The number of halogens is 2. The van der Waals surface area contributed by atoms with E-state index in [9.17, 15) is 26.8 Å². The zero-order valence-electron chi connectivity index (χ0n) is 16.8. The van der Waals surface area contributed by atoms with Crippen LogP contribution in [0.2, 0.25) is 0 Å². The molecule has 2 amide bonds. The van der Waals surface area contributed by atoms with Crippen molar-refractivity contribution in [1.29, 1.82) is 0 Å². The predicted octanol–water partition coefficient (Wildman–Crippen LogP) is 3.06. The van der Waals surface area contributed by atoms with Crippen LogP contribution in [-0.2, 0) is 14.8 Å². The van der Waals surface area contributed by atoms with Crippen LogP contribution in [0.5, 0.6) is 0 Å². The van der Waals surface area contributed by atoms with Gasteiger partial charge in [0, 0.05) is 12.6 Å². The number of primary amides is 1. The van der Waals surface area contributed by atoms with Crippen molar-refractivity contribution < 1.29 is 26.8 Å². The van der Waals surface area contributed by atoms with E-state index in [1.165, 1.54) is 61.6 Å². The van der Waals surface area contributed by atoms with Crippen molar-refractivity contribution in [2.75, 3.05) is 11.8 Å². The summed E-state index contributed by atoms with van der Waals surface area (Å²) in [5.41, 5.74) is 5.29. The SMILES string of the molecule is CN(C(=O)c1cccc(S(=O)(=O)Nc2ccccc2F)c1)C(C(N)=O)c1cccc(F)c1. The molecule has 0 radical (unpaired) electrons. The Morgan fingerprint density at radius 2 is 1.66 bits per heavy atom. The zero-order chi connectivity index (χ0) is 23.5. The number of carbonyl (C=O) groups is 2. The van der Waals surface area contributed by atoms with Gasteiger partial charge in [-0.25, -0.2) is 17.2 Å². The Bertz CT molecular complexity index is 1280. The lowest BCUT2D eigenvalue weighted by Gasteiger charge is -2.26. The monoisotopic (exact) mass is 459 g/mol. The van der Waals surface area contributed by atoms with Gasteiger partial charge in [-0.3, -0.25) is 14.3 Å². The van der Waals surface area contributed by atoms with Gasteiger partial charge in [0.25, 0.3) is 15.9 Å². The van der Waals surface area contributed by atoms with Crippen molar-refractivity contribution in [2.24, 2.45) is 5.73 Å². The molecular formula is C22H19F2N3O4S. The van der Waals surface area contributed by atoms with E-state index in [1.54, 1.807) is 0 Å². The molecule has 0 aromatic heterocycles. The third-order valence-corrected chi connectivity index (χ3v) is 6.01. The van der Waals surface area contributed by atoms with Gasteiger partial charge in [-0.2, -0.15) is 0 Å². The number of benzene rings is 3. The molecule has 166 valence electrons. The number of para-hydroxylation sites is 1. The second-order valence-electron chi connectivity index (χ2n) is 6.89. The van der Waals surface area contributed by atoms with Crippen LogP contribution < -0.4 is 10.5 Å². The van der Waals surface area contributed by atoms with Gasteiger partial charge < -0.3 is 10.6 Å². The highest BCUT2D eigenvalue weighted by Crippen LogP contribution is 2.24. The van der Waals surface area contributed by atoms with Crippen LogP contribution in [-0.4, -0.2) is 32.2 Å². The molecule has 10 heteroatoms. The lowest BCUT2D eigenvalue weighted by Crippen LogP contribution is -2.39. The van der Waals surface area contributed by atoms with E-state index >= 15 is 0 Å². The van der Waals surface area contributed by atoms with Crippen LogP contribution in [0.25, 0.3) is 0 Å². The van der Waals surface area contributed by atoms with Crippen molar-refractivity contribution in [2.45, 2.75) is 10.9 Å². The molecule has 0 aliphatic heterocycles. The number of hydrogen-bond donors (Lipinski definition) is 2. The molecule has 0 heterocycles. The summed E-state index contributed by atoms with van der Waals surface area (Å²) in [6, 6.07) is 14.0. The standard InChI is InChI=1S/C22H19F2N3O4S/c1-27(20(21(25)28)14-6-4-8-16(23)12-14)22(29)15-7-5-9-17(13-15)32(30,31)26-19-11-3-2-10-18(19)24/h2-13,20,26H,1H3,(H2,25,28). The van der Waals surface area contributed by atoms with Crippen LogP contribution >= 0.6 is 0 Å². The highest BCUT2D eigenvalue weighted by atomic mass is 32.2. The first-order valence-corrected chi connectivity index (χ1v) is 10.8. The van der Waals surface area contributed by atoms with E-state index in [2.05, 4.69) is 4.72 Å². The number of amides is 2. The topological polar surface area (TPSA) is 110 Å². The second-order valence-corrected chi connectivity index (χ2v) is 8.57. The number of hydrogen-bond acceptors (Lipinski definition) is 4. The van der Waals surface area contributed by atoms with Gasteiger partial charge in [-0.05, 0) is 48.0 Å². The van der Waals surface area contributed by atoms with Crippen LogP contribution in [0.4, 0.5) is 14.5 Å². The van der Waals surface area contributed by atoms with Crippen molar-refractivity contribution in [3.8, 4) is 0 Å². The molecule has 0 spiro atoms. The van der Waals surface area contributed by atoms with E-state index in [4.69, 9.17) is 5.73 Å². The molecule has 0 saturated carbocycles. The highest BCUT2D eigenvalue weighted by molar-refractivity contribution is 7.92. The molecular weight excluding hydrogens is 440 g/mol. The molecule has 3 N–H and O–H groups in total. The van der Waals surface area contributed by atoms with Crippen molar-refractivity contribution in [3.05, 3.63) is 95.6 Å². The summed E-state index contributed by atoms with van der Waals surface area (Å²) in [4.78, 5) is 25.7. The van der Waals surface area contributed by atoms with Crippen LogP contribution in [0, 0.1) is 11.6 Å². The lowest BCUT2D eigenvalue weighted by atomic mass is 10.0. The molecule has 1 atom stereocenters. The Labute approximate surface area is 183 Å². The zero-order valence-corrected chi connectivity index (χ0v) is 17.6. The fourth-order valence-electron chi connectivity index (χ4n) is 3.12. The Balaban J connectivity index is 1.91. The van der Waals surface area contributed by atoms with Crippen molar-refractivity contribution in [1.82, 2.24) is 4.90 Å². The second kappa shape index (κ2) is 9.15. The lowest BCUT2D eigenvalue weighted by molar-refractivity contribution is -0.122. The molecule has 3 aromatic carbocycles. The largest absolute Gasteiger partial charge is 0.368 e. The number of anilines is 1. The third kappa shape index (κ3) is 4.92. The van der Waals surface area contributed by atoms with E-state index in [0.29, 0.717) is 0 Å². The number of rotatable bonds is 7. The van der Waals surface area contributed by atoms with Crippen LogP contribution in [0.3, 0.4) is 0 Å². The molecule has 0 fully saturated rings. The molecule has 0 aliphatic rings. The van der Waals surface area contributed by atoms with Gasteiger partial charge in [0.15, 0.2) is 0 Å². The minimum absolute atomic E-state index is 0.0634. The minimum atomic E-state index is -4.21. The number of sulfonamides is 1. The summed E-state index contributed by atoms with van der Waals surface area (Å²) in [7, 11) is -2.92. The normalized spacial score (nSPS) is 12.1. The van der Waals surface area contributed by atoms with Crippen molar-refractivity contribution >= 4 is 27.5 Å². The molecule has 7 nitrogen and oxygen atoms in total. The number of nitrogens with two attached hydrogens (primary N) is 1. The quantitative estimate of drug-likeness (QED) is 0.566. The van der Waals surface area contributed by atoms with Gasteiger partial charge in [0.05, 0.1) is 10.6 Å². The van der Waals surface area contributed by atoms with Gasteiger partial charge in [-0.15, -0.1) is 0 Å². The van der Waals surface area contributed by atoms with Crippen LogP contribution in [0.15, 0.2) is 77.7 Å². The molecule has 3 rings (SSSR count). The first-order chi connectivity index (χ1) is 15.1. The summed E-state index contributed by atoms with van der Waals surface area (Å²) in [6.45, 7) is 0. The number of nitrogens with zero attached hydrogens (tertiary/aromatic N) is 1. The average Bonchev–Trinajstić information content (AvgIpc) is 2.74. The molecule has 3 aromatic rings. The number of likely N-dealkylation sites (N-methyl/N-ethyl adjacent to an activating group) is 1. The minimum Gasteiger partial charge on any atom is -0.368 e. The smallest absolute Gasteiger partial charge is 0.262 e. The van der Waals surface area contributed by atoms with Gasteiger partial charge >= 0.3 is 0 Å². The van der Waals surface area contributed by atoms with Gasteiger partial charge in [-0.1, -0.05) is 30.3 Å². The molecule has 0 bridgehead atoms. The van der Waals surface area contributed by atoms with Gasteiger partial charge in [0.2, 0.25) is 5.91 Å². The predicted molar refractivity (Wildman–Crippen MR) is 114 cm³/mol. The first kappa shape index (κ1) is 22.9. The number of nitrogens with one attached hydrogen (secondary N) is 1. The maximum Gasteiger partial charge on any atom is 0.262 e. The molecule has 1 unspecified atom stereocenters. The maximum atomic E-state index is 13.8. The van der Waals surface area contributed by atoms with Crippen LogP contribution in [0.1, 0.15) is 22.0 Å². The van der Waals surface area contributed by atoms with Gasteiger partial charge in [0.1, 0.15) is 17.7 Å². The Morgan fingerprint density at radius 3 is 2.31 bits per heavy atom. The Hall–Kier alpha value is -3.79. The number of carbonyl (C=O) groups excluding carboxylic acids is 2. The fraction of sp³-hybridized carbons (Fsp3) is 0.0909. The molecule has 32 heavy (non-hydrogen) atoms. The molecule has 0 aliphatic carbocycles. The fourth-order valence-corrected chi connectivity index (χ4v) is 4.23. The van der Waals surface area contributed by atoms with E-state index in [0.717, 1.165) is 23.1 Å². The summed E-state index contributed by atoms with van der Waals surface area (Å²) in [5.74, 6) is -2.98. The summed E-state index contributed by atoms with van der Waals surface area (Å²) in [5, 5.41) is 0. The van der Waals surface area contributed by atoms with E-state index in [1.807, 2.05) is 0 Å². The van der Waals surface area contributed by atoms with Crippen molar-refractivity contribution in [3.63, 3.8) is 0 Å². The Morgan fingerprint density at radius 1 is 0.969 bits per heavy atom. The summed E-state index contributed by atoms with van der Waals surface area (Å²) < 4.78 is 54.9. The molecule has 0 saturated heterocycles. The average molecular weight is 459 g/mol. The highest BCUT2D eigenvalue weighted by Gasteiger charge is 2.28. The van der Waals surface area contributed by atoms with E-state index in [-0.39, 0.29) is 21.7 Å².